The highest BCUT2D eigenvalue weighted by molar-refractivity contribution is 5.29. The molecule has 20 heavy (non-hydrogen) atoms. The molecular weight excluding hydrogens is 250 g/mol. The van der Waals surface area contributed by atoms with Crippen LogP contribution in [0, 0.1) is 5.92 Å². The molecule has 1 fully saturated rings. The van der Waals surface area contributed by atoms with Gasteiger partial charge in [-0.25, -0.2) is 0 Å². The van der Waals surface area contributed by atoms with E-state index in [0.29, 0.717) is 17.9 Å². The van der Waals surface area contributed by atoms with Gasteiger partial charge in [0.2, 0.25) is 0 Å². The van der Waals surface area contributed by atoms with Crippen LogP contribution in [0.4, 0.5) is 0 Å². The zero-order valence-corrected chi connectivity index (χ0v) is 12.8. The van der Waals surface area contributed by atoms with Crippen molar-refractivity contribution in [3.63, 3.8) is 0 Å². The van der Waals surface area contributed by atoms with Gasteiger partial charge in [-0.05, 0) is 49.3 Å². The number of hydrogen-bond acceptors (Lipinski definition) is 3. The fourth-order valence-electron chi connectivity index (χ4n) is 2.97. The van der Waals surface area contributed by atoms with Crippen LogP contribution in [0.25, 0.3) is 0 Å². The molecule has 0 aromatic heterocycles. The predicted octanol–water partition coefficient (Wildman–Crippen LogP) is 2.94. The number of rotatable bonds is 6. The number of nitrogens with one attached hydrogen (secondary N) is 1. The van der Waals surface area contributed by atoms with E-state index in [2.05, 4.69) is 31.3 Å². The summed E-state index contributed by atoms with van der Waals surface area (Å²) in [6.07, 6.45) is 3.17. The fourth-order valence-corrected chi connectivity index (χ4v) is 2.97. The molecule has 4 atom stereocenters. The van der Waals surface area contributed by atoms with Crippen molar-refractivity contribution in [2.45, 2.75) is 51.2 Å². The second kappa shape index (κ2) is 7.09. The molecule has 0 saturated heterocycles. The van der Waals surface area contributed by atoms with Gasteiger partial charge in [-0.15, -0.1) is 0 Å². The summed E-state index contributed by atoms with van der Waals surface area (Å²) in [6, 6.07) is 8.69. The van der Waals surface area contributed by atoms with Gasteiger partial charge in [-0.1, -0.05) is 25.5 Å². The predicted molar refractivity (Wildman–Crippen MR) is 82.2 cm³/mol. The second-order valence-corrected chi connectivity index (χ2v) is 6.02. The van der Waals surface area contributed by atoms with Crippen molar-refractivity contribution in [1.29, 1.82) is 0 Å². The SMILES string of the molecule is COc1ccc(C(C)C(C)NCC2CCCC2O)cc1. The molecule has 0 aliphatic heterocycles. The Labute approximate surface area is 122 Å². The Morgan fingerprint density at radius 2 is 1.95 bits per heavy atom. The van der Waals surface area contributed by atoms with E-state index in [-0.39, 0.29) is 6.10 Å². The van der Waals surface area contributed by atoms with Gasteiger partial charge in [-0.2, -0.15) is 0 Å². The first-order valence-electron chi connectivity index (χ1n) is 7.67. The number of hydrogen-bond donors (Lipinski definition) is 2. The molecule has 3 nitrogen and oxygen atoms in total. The van der Waals surface area contributed by atoms with Crippen molar-refractivity contribution < 1.29 is 9.84 Å². The van der Waals surface area contributed by atoms with Crippen LogP contribution in [0.15, 0.2) is 24.3 Å². The van der Waals surface area contributed by atoms with Crippen LogP contribution < -0.4 is 10.1 Å². The van der Waals surface area contributed by atoms with Crippen molar-refractivity contribution >= 4 is 0 Å². The minimum Gasteiger partial charge on any atom is -0.497 e. The Kier molecular flexibility index (Phi) is 5.44. The maximum absolute atomic E-state index is 9.86. The van der Waals surface area contributed by atoms with E-state index in [0.717, 1.165) is 31.6 Å². The smallest absolute Gasteiger partial charge is 0.118 e. The Balaban J connectivity index is 1.85. The van der Waals surface area contributed by atoms with Crippen LogP contribution in [0.5, 0.6) is 5.75 Å². The van der Waals surface area contributed by atoms with Crippen molar-refractivity contribution in [3.8, 4) is 5.75 Å². The van der Waals surface area contributed by atoms with E-state index in [1.807, 2.05) is 12.1 Å². The Morgan fingerprint density at radius 3 is 2.50 bits per heavy atom. The molecule has 0 heterocycles. The van der Waals surface area contributed by atoms with Crippen molar-refractivity contribution in [2.24, 2.45) is 5.92 Å². The molecular formula is C17H27NO2. The first kappa shape index (κ1) is 15.3. The summed E-state index contributed by atoms with van der Waals surface area (Å²) >= 11 is 0. The van der Waals surface area contributed by atoms with Gasteiger partial charge in [0.15, 0.2) is 0 Å². The number of aliphatic hydroxyl groups excluding tert-OH is 1. The van der Waals surface area contributed by atoms with E-state index in [9.17, 15) is 5.11 Å². The lowest BCUT2D eigenvalue weighted by Crippen LogP contribution is -2.36. The minimum absolute atomic E-state index is 0.106. The highest BCUT2D eigenvalue weighted by Gasteiger charge is 2.25. The lowest BCUT2D eigenvalue weighted by Gasteiger charge is -2.24. The minimum atomic E-state index is -0.106. The van der Waals surface area contributed by atoms with Crippen LogP contribution in [-0.4, -0.2) is 30.9 Å². The standard InChI is InChI=1S/C17H27NO2/c1-12(14-7-9-16(20-3)10-8-14)13(2)18-11-15-5-4-6-17(15)19/h7-10,12-13,15,17-19H,4-6,11H2,1-3H3. The first-order chi connectivity index (χ1) is 9.61. The largest absolute Gasteiger partial charge is 0.497 e. The molecule has 1 aliphatic carbocycles. The molecule has 0 spiro atoms. The number of methoxy groups -OCH3 is 1. The average molecular weight is 277 g/mol. The fraction of sp³-hybridized carbons (Fsp3) is 0.647. The summed E-state index contributed by atoms with van der Waals surface area (Å²) in [5.74, 6) is 1.77. The molecule has 0 radical (unpaired) electrons. The van der Waals surface area contributed by atoms with Crippen LogP contribution in [0.3, 0.4) is 0 Å². The molecule has 2 N–H and O–H groups in total. The van der Waals surface area contributed by atoms with E-state index in [1.165, 1.54) is 5.56 Å². The topological polar surface area (TPSA) is 41.5 Å². The highest BCUT2D eigenvalue weighted by Crippen LogP contribution is 2.26. The zero-order valence-electron chi connectivity index (χ0n) is 12.8. The van der Waals surface area contributed by atoms with Gasteiger partial charge in [0.25, 0.3) is 0 Å². The number of ether oxygens (including phenoxy) is 1. The van der Waals surface area contributed by atoms with Crippen LogP contribution in [-0.2, 0) is 0 Å². The molecule has 2 rings (SSSR count). The third kappa shape index (κ3) is 3.74. The monoisotopic (exact) mass is 277 g/mol. The molecule has 1 aliphatic rings. The normalized spacial score (nSPS) is 25.4. The van der Waals surface area contributed by atoms with E-state index < -0.39 is 0 Å². The van der Waals surface area contributed by atoms with Gasteiger partial charge >= 0.3 is 0 Å². The third-order valence-corrected chi connectivity index (χ3v) is 4.71. The summed E-state index contributed by atoms with van der Waals surface area (Å²) in [6.45, 7) is 5.38. The Hall–Kier alpha value is -1.06. The summed E-state index contributed by atoms with van der Waals surface area (Å²) < 4.78 is 5.19. The van der Waals surface area contributed by atoms with Gasteiger partial charge in [-0.3, -0.25) is 0 Å². The summed E-state index contributed by atoms with van der Waals surface area (Å²) in [7, 11) is 1.69. The first-order valence-corrected chi connectivity index (χ1v) is 7.67. The summed E-state index contributed by atoms with van der Waals surface area (Å²) in [5, 5.41) is 13.5. The molecule has 1 saturated carbocycles. The highest BCUT2D eigenvalue weighted by atomic mass is 16.5. The molecule has 0 bridgehead atoms. The maximum Gasteiger partial charge on any atom is 0.118 e. The van der Waals surface area contributed by atoms with Crippen LogP contribution in [0.2, 0.25) is 0 Å². The molecule has 0 amide bonds. The van der Waals surface area contributed by atoms with Crippen molar-refractivity contribution in [3.05, 3.63) is 29.8 Å². The molecule has 1 aromatic rings. The molecule has 3 heteroatoms. The second-order valence-electron chi connectivity index (χ2n) is 6.02. The number of aliphatic hydroxyl groups is 1. The maximum atomic E-state index is 9.86. The van der Waals surface area contributed by atoms with Gasteiger partial charge in [0.1, 0.15) is 5.75 Å². The van der Waals surface area contributed by atoms with Crippen LogP contribution in [0.1, 0.15) is 44.6 Å². The van der Waals surface area contributed by atoms with Crippen LogP contribution >= 0.6 is 0 Å². The zero-order chi connectivity index (χ0) is 14.5. The molecule has 1 aromatic carbocycles. The lowest BCUT2D eigenvalue weighted by atomic mass is 9.93. The average Bonchev–Trinajstić information content (AvgIpc) is 2.89. The lowest BCUT2D eigenvalue weighted by molar-refractivity contribution is 0.129. The van der Waals surface area contributed by atoms with E-state index in [4.69, 9.17) is 4.74 Å². The van der Waals surface area contributed by atoms with Gasteiger partial charge in [0.05, 0.1) is 13.2 Å². The Bertz CT molecular complexity index is 404. The van der Waals surface area contributed by atoms with Crippen molar-refractivity contribution in [2.75, 3.05) is 13.7 Å². The van der Waals surface area contributed by atoms with E-state index >= 15 is 0 Å². The quantitative estimate of drug-likeness (QED) is 0.840. The van der Waals surface area contributed by atoms with Gasteiger partial charge < -0.3 is 15.2 Å². The van der Waals surface area contributed by atoms with Crippen molar-refractivity contribution in [1.82, 2.24) is 5.32 Å². The number of benzene rings is 1. The summed E-state index contributed by atoms with van der Waals surface area (Å²) in [5.41, 5.74) is 1.32. The molecule has 4 unspecified atom stereocenters. The molecule has 112 valence electrons. The Morgan fingerprint density at radius 1 is 1.25 bits per heavy atom. The van der Waals surface area contributed by atoms with Gasteiger partial charge in [0, 0.05) is 12.6 Å². The van der Waals surface area contributed by atoms with E-state index in [1.54, 1.807) is 7.11 Å². The summed E-state index contributed by atoms with van der Waals surface area (Å²) in [4.78, 5) is 0. The third-order valence-electron chi connectivity index (χ3n) is 4.71.